The lowest BCUT2D eigenvalue weighted by atomic mass is 10.1. The number of nitrogen functional groups attached to an aromatic ring is 1. The molecule has 0 bridgehead atoms. The first-order valence-electron chi connectivity index (χ1n) is 6.82. The largest absolute Gasteiger partial charge is 0.399 e. The van der Waals surface area contributed by atoms with Gasteiger partial charge >= 0.3 is 0 Å². The van der Waals surface area contributed by atoms with Crippen LogP contribution in [0.5, 0.6) is 0 Å². The molecule has 0 unspecified atom stereocenters. The quantitative estimate of drug-likeness (QED) is 0.856. The fourth-order valence-electron chi connectivity index (χ4n) is 2.74. The molecule has 0 atom stereocenters. The fraction of sp³-hybridized carbons (Fsp3) is 0.400. The first kappa shape index (κ1) is 12.1. The van der Waals surface area contributed by atoms with Gasteiger partial charge in [0.25, 0.3) is 0 Å². The third-order valence-electron chi connectivity index (χ3n) is 3.84. The standard InChI is InChI=1S/C15H20N4/c1-3-13-9-14(18(2)17-13)10-19-7-6-11-8-12(16)4-5-15(11)19/h4-5,8-9H,3,6-7,10,16H2,1-2H3. The number of aromatic nitrogens is 2. The van der Waals surface area contributed by atoms with Gasteiger partial charge in [-0.3, -0.25) is 4.68 Å². The Morgan fingerprint density at radius 3 is 2.89 bits per heavy atom. The van der Waals surface area contributed by atoms with Crippen molar-refractivity contribution in [1.82, 2.24) is 9.78 Å². The van der Waals surface area contributed by atoms with Crippen molar-refractivity contribution in [2.75, 3.05) is 17.2 Å². The van der Waals surface area contributed by atoms with Crippen molar-refractivity contribution in [3.05, 3.63) is 41.2 Å². The first-order valence-corrected chi connectivity index (χ1v) is 6.82. The van der Waals surface area contributed by atoms with E-state index in [1.165, 1.54) is 16.9 Å². The summed E-state index contributed by atoms with van der Waals surface area (Å²) in [6, 6.07) is 8.41. The molecule has 0 amide bonds. The van der Waals surface area contributed by atoms with Crippen LogP contribution in [0.1, 0.15) is 23.9 Å². The summed E-state index contributed by atoms with van der Waals surface area (Å²) in [6.45, 7) is 4.12. The number of aryl methyl sites for hydroxylation is 2. The van der Waals surface area contributed by atoms with Crippen molar-refractivity contribution in [3.63, 3.8) is 0 Å². The average Bonchev–Trinajstić information content (AvgIpc) is 2.94. The number of rotatable bonds is 3. The average molecular weight is 256 g/mol. The number of hydrogen-bond donors (Lipinski definition) is 1. The third-order valence-corrected chi connectivity index (χ3v) is 3.84. The van der Waals surface area contributed by atoms with E-state index in [2.05, 4.69) is 35.1 Å². The Morgan fingerprint density at radius 2 is 2.16 bits per heavy atom. The van der Waals surface area contributed by atoms with Crippen molar-refractivity contribution in [3.8, 4) is 0 Å². The number of nitrogens with zero attached hydrogens (tertiary/aromatic N) is 3. The van der Waals surface area contributed by atoms with Crippen LogP contribution in [-0.4, -0.2) is 16.3 Å². The Hall–Kier alpha value is -1.97. The topological polar surface area (TPSA) is 47.1 Å². The van der Waals surface area contributed by atoms with Gasteiger partial charge in [0.05, 0.1) is 17.9 Å². The lowest BCUT2D eigenvalue weighted by Gasteiger charge is -2.19. The molecule has 19 heavy (non-hydrogen) atoms. The molecule has 2 N–H and O–H groups in total. The van der Waals surface area contributed by atoms with E-state index in [9.17, 15) is 0 Å². The molecule has 0 fully saturated rings. The van der Waals surface area contributed by atoms with Crippen LogP contribution in [0.2, 0.25) is 0 Å². The number of benzene rings is 1. The molecule has 0 saturated heterocycles. The molecule has 2 aromatic rings. The molecule has 3 rings (SSSR count). The van der Waals surface area contributed by atoms with Gasteiger partial charge in [-0.25, -0.2) is 0 Å². The smallest absolute Gasteiger partial charge is 0.0625 e. The second kappa shape index (κ2) is 4.61. The van der Waals surface area contributed by atoms with Crippen LogP contribution in [0.3, 0.4) is 0 Å². The van der Waals surface area contributed by atoms with Gasteiger partial charge in [0.1, 0.15) is 0 Å². The highest BCUT2D eigenvalue weighted by atomic mass is 15.3. The number of fused-ring (bicyclic) bond motifs is 1. The molecule has 0 saturated carbocycles. The lowest BCUT2D eigenvalue weighted by Crippen LogP contribution is -2.21. The minimum absolute atomic E-state index is 0.856. The molecule has 1 aliphatic heterocycles. The highest BCUT2D eigenvalue weighted by Gasteiger charge is 2.20. The van der Waals surface area contributed by atoms with Crippen LogP contribution < -0.4 is 10.6 Å². The van der Waals surface area contributed by atoms with Crippen LogP contribution in [0, 0.1) is 0 Å². The summed E-state index contributed by atoms with van der Waals surface area (Å²) in [5.41, 5.74) is 11.8. The Balaban J connectivity index is 1.84. The molecule has 0 radical (unpaired) electrons. The van der Waals surface area contributed by atoms with Crippen LogP contribution in [-0.2, 0) is 26.4 Å². The van der Waals surface area contributed by atoms with Gasteiger partial charge in [0, 0.05) is 25.0 Å². The fourth-order valence-corrected chi connectivity index (χ4v) is 2.74. The zero-order valence-corrected chi connectivity index (χ0v) is 11.6. The predicted octanol–water partition coefficient (Wildman–Crippen LogP) is 2.13. The molecule has 0 aliphatic carbocycles. The minimum atomic E-state index is 0.856. The van der Waals surface area contributed by atoms with Crippen LogP contribution in [0.4, 0.5) is 11.4 Å². The highest BCUT2D eigenvalue weighted by Crippen LogP contribution is 2.30. The molecule has 0 spiro atoms. The summed E-state index contributed by atoms with van der Waals surface area (Å²) >= 11 is 0. The van der Waals surface area contributed by atoms with Crippen LogP contribution in [0.15, 0.2) is 24.3 Å². The van der Waals surface area contributed by atoms with E-state index in [-0.39, 0.29) is 0 Å². The van der Waals surface area contributed by atoms with Crippen molar-refractivity contribution in [2.45, 2.75) is 26.3 Å². The van der Waals surface area contributed by atoms with Gasteiger partial charge in [-0.1, -0.05) is 6.92 Å². The van der Waals surface area contributed by atoms with E-state index in [4.69, 9.17) is 5.73 Å². The van der Waals surface area contributed by atoms with Gasteiger partial charge in [-0.05, 0) is 42.7 Å². The molecule has 100 valence electrons. The third kappa shape index (κ3) is 2.18. The number of hydrogen-bond acceptors (Lipinski definition) is 3. The van der Waals surface area contributed by atoms with Crippen molar-refractivity contribution in [1.29, 1.82) is 0 Å². The van der Waals surface area contributed by atoms with Gasteiger partial charge in [0.15, 0.2) is 0 Å². The van der Waals surface area contributed by atoms with E-state index >= 15 is 0 Å². The van der Waals surface area contributed by atoms with Crippen molar-refractivity contribution < 1.29 is 0 Å². The normalized spacial score (nSPS) is 13.9. The Morgan fingerprint density at radius 1 is 1.32 bits per heavy atom. The molecule has 2 heterocycles. The molecular weight excluding hydrogens is 236 g/mol. The lowest BCUT2D eigenvalue weighted by molar-refractivity contribution is 0.680. The molecule has 4 nitrogen and oxygen atoms in total. The maximum absolute atomic E-state index is 5.84. The van der Waals surface area contributed by atoms with E-state index in [0.717, 1.165) is 37.3 Å². The summed E-state index contributed by atoms with van der Waals surface area (Å²) in [5.74, 6) is 0. The van der Waals surface area contributed by atoms with Crippen molar-refractivity contribution >= 4 is 11.4 Å². The SMILES string of the molecule is CCc1cc(CN2CCc3cc(N)ccc32)n(C)n1. The monoisotopic (exact) mass is 256 g/mol. The van der Waals surface area contributed by atoms with E-state index < -0.39 is 0 Å². The van der Waals surface area contributed by atoms with E-state index in [1.807, 2.05) is 17.8 Å². The number of nitrogens with two attached hydrogens (primary N) is 1. The Bertz CT molecular complexity index is 600. The summed E-state index contributed by atoms with van der Waals surface area (Å²) < 4.78 is 1.99. The number of anilines is 2. The highest BCUT2D eigenvalue weighted by molar-refractivity contribution is 5.63. The van der Waals surface area contributed by atoms with Gasteiger partial charge in [-0.2, -0.15) is 5.10 Å². The Labute approximate surface area is 113 Å². The second-order valence-electron chi connectivity index (χ2n) is 5.16. The molecule has 4 heteroatoms. The first-order chi connectivity index (χ1) is 9.17. The maximum atomic E-state index is 5.84. The summed E-state index contributed by atoms with van der Waals surface area (Å²) in [4.78, 5) is 2.41. The van der Waals surface area contributed by atoms with Crippen molar-refractivity contribution in [2.24, 2.45) is 7.05 Å². The van der Waals surface area contributed by atoms with Gasteiger partial charge in [0.2, 0.25) is 0 Å². The summed E-state index contributed by atoms with van der Waals surface area (Å²) in [6.07, 6.45) is 2.07. The summed E-state index contributed by atoms with van der Waals surface area (Å²) in [7, 11) is 2.02. The zero-order chi connectivity index (χ0) is 13.4. The summed E-state index contributed by atoms with van der Waals surface area (Å²) in [5, 5.41) is 4.51. The molecule has 1 aromatic heterocycles. The predicted molar refractivity (Wildman–Crippen MR) is 78.2 cm³/mol. The zero-order valence-electron chi connectivity index (χ0n) is 11.6. The maximum Gasteiger partial charge on any atom is 0.0625 e. The molecule has 1 aromatic carbocycles. The minimum Gasteiger partial charge on any atom is -0.399 e. The van der Waals surface area contributed by atoms with Crippen LogP contribution >= 0.6 is 0 Å². The molecular formula is C15H20N4. The van der Waals surface area contributed by atoms with E-state index in [1.54, 1.807) is 0 Å². The van der Waals surface area contributed by atoms with E-state index in [0.29, 0.717) is 0 Å². The Kier molecular flexibility index (Phi) is 2.93. The molecule has 1 aliphatic rings. The van der Waals surface area contributed by atoms with Crippen LogP contribution in [0.25, 0.3) is 0 Å². The second-order valence-corrected chi connectivity index (χ2v) is 5.16. The van der Waals surface area contributed by atoms with Gasteiger partial charge in [-0.15, -0.1) is 0 Å². The van der Waals surface area contributed by atoms with Gasteiger partial charge < -0.3 is 10.6 Å².